The van der Waals surface area contributed by atoms with E-state index in [4.69, 9.17) is 0 Å². The van der Waals surface area contributed by atoms with Gasteiger partial charge >= 0.3 is 42.1 Å². The van der Waals surface area contributed by atoms with E-state index in [1.54, 1.807) is 35.1 Å². The molecule has 0 fully saturated rings. The second-order valence-corrected chi connectivity index (χ2v) is 12.3. The van der Waals surface area contributed by atoms with Gasteiger partial charge in [0.05, 0.1) is 22.8 Å². The molecule has 0 atom stereocenters. The van der Waals surface area contributed by atoms with Crippen LogP contribution < -0.4 is 0 Å². The molecule has 6 aromatic heterocycles. The maximum atomic E-state index is 4.62. The van der Waals surface area contributed by atoms with Crippen molar-refractivity contribution >= 4 is 42.2 Å². The summed E-state index contributed by atoms with van der Waals surface area (Å²) in [6, 6.07) is 58.2. The van der Waals surface area contributed by atoms with Gasteiger partial charge in [0.1, 0.15) is 0 Å². The largest absolute Gasteiger partial charge is 2.00 e. The van der Waals surface area contributed by atoms with E-state index in [0.29, 0.717) is 0 Å². The van der Waals surface area contributed by atoms with Crippen LogP contribution in [-0.2, 0) is 42.1 Å². The van der Waals surface area contributed by atoms with Gasteiger partial charge in [-0.2, -0.15) is 34.4 Å². The third kappa shape index (κ3) is 9.21. The molecule has 0 radical (unpaired) electrons. The van der Waals surface area contributed by atoms with Crippen molar-refractivity contribution < 1.29 is 42.1 Å². The van der Waals surface area contributed by atoms with E-state index in [9.17, 15) is 0 Å². The summed E-state index contributed by atoms with van der Waals surface area (Å²) >= 11 is 3.53. The molecule has 0 aliphatic carbocycles. The Balaban J connectivity index is 0.000000146. The van der Waals surface area contributed by atoms with E-state index in [1.807, 2.05) is 139 Å². The first-order chi connectivity index (χ1) is 23.8. The topological polar surface area (TPSA) is 51.6 Å². The molecule has 6 heterocycles. The van der Waals surface area contributed by atoms with E-state index in [2.05, 4.69) is 50.3 Å². The summed E-state index contributed by atoms with van der Waals surface area (Å²) in [5.41, 5.74) is 7.35. The number of hydrogen-bond donors (Lipinski definition) is 0. The fraction of sp³-hybridized carbons (Fsp3) is 0. The van der Waals surface area contributed by atoms with Crippen LogP contribution in [0.4, 0.5) is 0 Å². The summed E-state index contributed by atoms with van der Waals surface area (Å²) in [4.78, 5) is 17.9. The van der Waals surface area contributed by atoms with Crippen molar-refractivity contribution in [3.63, 3.8) is 0 Å². The molecule has 50 heavy (non-hydrogen) atoms. The zero-order valence-corrected chi connectivity index (χ0v) is 32.4. The number of benzene rings is 3. The molecule has 3 aromatic carbocycles. The molecule has 9 rings (SSSR count). The Morgan fingerprint density at radius 2 is 0.940 bits per heavy atom. The van der Waals surface area contributed by atoms with Gasteiger partial charge < -0.3 is 0 Å². The van der Waals surface area contributed by atoms with Crippen molar-refractivity contribution in [1.82, 2.24) is 19.9 Å². The molecule has 0 spiro atoms. The van der Waals surface area contributed by atoms with Gasteiger partial charge in [-0.3, -0.25) is 31.3 Å². The second-order valence-electron chi connectivity index (χ2n) is 10.4. The molecular weight excluding hydrogens is 1010 g/mol. The maximum Gasteiger partial charge on any atom is 2.00 e. The van der Waals surface area contributed by atoms with Gasteiger partial charge in [-0.25, -0.2) is 17.4 Å². The fourth-order valence-electron chi connectivity index (χ4n) is 4.90. The van der Waals surface area contributed by atoms with Gasteiger partial charge in [-0.05, 0) is 47.8 Å². The van der Waals surface area contributed by atoms with Gasteiger partial charge in [-0.15, -0.1) is 81.9 Å². The first-order valence-electron chi connectivity index (χ1n) is 15.2. The van der Waals surface area contributed by atoms with Crippen molar-refractivity contribution in [3.8, 4) is 45.3 Å². The van der Waals surface area contributed by atoms with Gasteiger partial charge in [0, 0.05) is 12.4 Å². The quantitative estimate of drug-likeness (QED) is 0.165. The number of nitrogens with zero attached hydrogens (tertiary/aromatic N) is 4. The number of fused-ring (bicyclic) bond motifs is 3. The predicted octanol–water partition coefficient (Wildman–Crippen LogP) is 10.9. The molecular formula is C42H26N4Pt2S2. The minimum atomic E-state index is 0. The van der Waals surface area contributed by atoms with E-state index < -0.39 is 0 Å². The van der Waals surface area contributed by atoms with E-state index in [1.165, 1.54) is 19.5 Å². The molecule has 0 aliphatic heterocycles. The molecule has 9 aromatic rings. The Kier molecular flexibility index (Phi) is 13.6. The maximum absolute atomic E-state index is 4.62. The summed E-state index contributed by atoms with van der Waals surface area (Å²) in [5.74, 6) is 0. The predicted molar refractivity (Wildman–Crippen MR) is 198 cm³/mol. The SMILES string of the molecule is [Pt+2].[Pt+2].[c-]1cccc2c1sc1[c-]csc12.[c-]1ccccc1-c1cccc(-c2ccccn2)n1.[c-]1ccccc1-c1cccc(-c2ccccn2)n1. The Morgan fingerprint density at radius 1 is 0.420 bits per heavy atom. The molecule has 0 saturated heterocycles. The van der Waals surface area contributed by atoms with Crippen molar-refractivity contribution in [1.29, 1.82) is 0 Å². The van der Waals surface area contributed by atoms with Crippen LogP contribution in [0, 0.1) is 24.3 Å². The van der Waals surface area contributed by atoms with Crippen molar-refractivity contribution in [2.24, 2.45) is 0 Å². The zero-order chi connectivity index (χ0) is 32.4. The Hall–Kier alpha value is -4.44. The van der Waals surface area contributed by atoms with Crippen LogP contribution in [0.15, 0.2) is 157 Å². The number of thiophene rings is 2. The number of aromatic nitrogens is 4. The van der Waals surface area contributed by atoms with Gasteiger partial charge in [0.25, 0.3) is 0 Å². The Bertz CT molecular complexity index is 2120. The molecule has 8 heteroatoms. The van der Waals surface area contributed by atoms with Gasteiger partial charge in [0.15, 0.2) is 0 Å². The van der Waals surface area contributed by atoms with E-state index in [0.717, 1.165) is 45.3 Å². The summed E-state index contributed by atoms with van der Waals surface area (Å²) in [6.45, 7) is 0. The normalized spacial score (nSPS) is 10.1. The molecule has 4 nitrogen and oxygen atoms in total. The van der Waals surface area contributed by atoms with Crippen LogP contribution in [0.2, 0.25) is 0 Å². The number of hydrogen-bond acceptors (Lipinski definition) is 6. The zero-order valence-electron chi connectivity index (χ0n) is 26.2. The van der Waals surface area contributed by atoms with Crippen LogP contribution in [0.5, 0.6) is 0 Å². The minimum absolute atomic E-state index is 0. The average molecular weight is 1040 g/mol. The summed E-state index contributed by atoms with van der Waals surface area (Å²) in [5, 5.41) is 3.34. The first-order valence-corrected chi connectivity index (χ1v) is 16.9. The smallest absolute Gasteiger partial charge is 0.295 e. The molecule has 0 saturated carbocycles. The third-order valence-electron chi connectivity index (χ3n) is 7.16. The van der Waals surface area contributed by atoms with Crippen LogP contribution in [-0.4, -0.2) is 19.9 Å². The number of rotatable bonds is 4. The van der Waals surface area contributed by atoms with Crippen LogP contribution >= 0.6 is 22.7 Å². The Morgan fingerprint density at radius 3 is 1.46 bits per heavy atom. The van der Waals surface area contributed by atoms with Crippen LogP contribution in [0.25, 0.3) is 64.8 Å². The minimum Gasteiger partial charge on any atom is -0.295 e. The number of pyridine rings is 4. The fourth-order valence-corrected chi connectivity index (χ4v) is 7.00. The second kappa shape index (κ2) is 18.5. The molecule has 246 valence electrons. The molecule has 0 aliphatic rings. The van der Waals surface area contributed by atoms with E-state index >= 15 is 0 Å². The van der Waals surface area contributed by atoms with E-state index in [-0.39, 0.29) is 42.1 Å². The summed E-state index contributed by atoms with van der Waals surface area (Å²) in [7, 11) is 0. The van der Waals surface area contributed by atoms with Crippen LogP contribution in [0.3, 0.4) is 0 Å². The monoisotopic (exact) mass is 1040 g/mol. The van der Waals surface area contributed by atoms with Crippen molar-refractivity contribution in [2.75, 3.05) is 0 Å². The van der Waals surface area contributed by atoms with Crippen LogP contribution in [0.1, 0.15) is 0 Å². The molecule has 0 bridgehead atoms. The molecule has 0 N–H and O–H groups in total. The third-order valence-corrected chi connectivity index (χ3v) is 9.26. The van der Waals surface area contributed by atoms with Crippen molar-refractivity contribution in [3.05, 3.63) is 182 Å². The Labute approximate surface area is 328 Å². The summed E-state index contributed by atoms with van der Waals surface area (Å²) < 4.78 is 3.86. The van der Waals surface area contributed by atoms with Gasteiger partial charge in [-0.1, -0.05) is 41.1 Å². The van der Waals surface area contributed by atoms with Gasteiger partial charge in [0.2, 0.25) is 0 Å². The van der Waals surface area contributed by atoms with Crippen molar-refractivity contribution in [2.45, 2.75) is 0 Å². The molecule has 0 amide bonds. The first kappa shape index (κ1) is 36.8. The molecule has 0 unspecified atom stereocenters. The standard InChI is InChI=1S/2C16H11N2.C10H4S2.2Pt/c2*1-2-7-13(8-3-1)14-10-6-11-16(18-14)15-9-4-5-12-17-15;1-2-4-8-7(3-1)10-9(12-8)5-6-11-10;;/h2*1-7,9-12H;1-3,6H;;/q2*-1;-2;2*+2. The summed E-state index contributed by atoms with van der Waals surface area (Å²) in [6.07, 6.45) is 3.55. The average Bonchev–Trinajstić information content (AvgIpc) is 3.79.